The number of hydrogen-bond acceptors (Lipinski definition) is 1. The van der Waals surface area contributed by atoms with Crippen LogP contribution in [-0.2, 0) is 0 Å². The number of hydrogen-bond donors (Lipinski definition) is 1. The minimum atomic E-state index is 0.192. The molecule has 0 atom stereocenters. The number of allylic oxidation sites excluding steroid dienone is 2. The summed E-state index contributed by atoms with van der Waals surface area (Å²) in [6.07, 6.45) is 2.51. The first kappa shape index (κ1) is 10.0. The quantitative estimate of drug-likeness (QED) is 0.596. The summed E-state index contributed by atoms with van der Waals surface area (Å²) in [6, 6.07) is 0. The van der Waals surface area contributed by atoms with Crippen LogP contribution in [0.2, 0.25) is 0 Å². The molecule has 0 saturated carbocycles. The zero-order valence-electron chi connectivity index (χ0n) is 7.15. The van der Waals surface area contributed by atoms with Crippen LogP contribution in [0.3, 0.4) is 0 Å². The van der Waals surface area contributed by atoms with Gasteiger partial charge in [-0.1, -0.05) is 24.0 Å². The van der Waals surface area contributed by atoms with Crippen molar-refractivity contribution in [3.05, 3.63) is 23.8 Å². The Hall–Kier alpha value is -1.00. The molecule has 1 nitrogen and oxygen atoms in total. The zero-order valence-corrected chi connectivity index (χ0v) is 7.15. The van der Waals surface area contributed by atoms with E-state index in [0.29, 0.717) is 6.42 Å². The Balaban J connectivity index is 3.93. The summed E-state index contributed by atoms with van der Waals surface area (Å²) in [5.74, 6) is 5.68. The summed E-state index contributed by atoms with van der Waals surface area (Å²) in [5, 5.41) is 8.54. The van der Waals surface area contributed by atoms with Gasteiger partial charge >= 0.3 is 0 Å². The Morgan fingerprint density at radius 3 is 2.64 bits per heavy atom. The molecule has 0 aliphatic heterocycles. The van der Waals surface area contributed by atoms with Gasteiger partial charge in [-0.25, -0.2) is 0 Å². The monoisotopic (exact) mass is 150 g/mol. The first-order valence-corrected chi connectivity index (χ1v) is 3.60. The molecule has 0 spiro atoms. The van der Waals surface area contributed by atoms with E-state index in [-0.39, 0.29) is 6.61 Å². The summed E-state index contributed by atoms with van der Waals surface area (Å²) in [4.78, 5) is 0. The maximum atomic E-state index is 8.54. The van der Waals surface area contributed by atoms with Crippen molar-refractivity contribution in [1.82, 2.24) is 0 Å². The molecule has 60 valence electrons. The van der Waals surface area contributed by atoms with Gasteiger partial charge in [-0.3, -0.25) is 0 Å². The number of rotatable bonds is 2. The van der Waals surface area contributed by atoms with Gasteiger partial charge in [0.2, 0.25) is 0 Å². The van der Waals surface area contributed by atoms with Crippen molar-refractivity contribution in [2.45, 2.75) is 20.3 Å². The van der Waals surface area contributed by atoms with E-state index in [9.17, 15) is 0 Å². The van der Waals surface area contributed by atoms with E-state index >= 15 is 0 Å². The molecule has 0 bridgehead atoms. The number of aliphatic hydroxyl groups excluding tert-OH is 1. The second-order valence-corrected chi connectivity index (χ2v) is 2.51. The third-order valence-electron chi connectivity index (χ3n) is 1.11. The molecular formula is C10H14O. The third-order valence-corrected chi connectivity index (χ3v) is 1.11. The van der Waals surface area contributed by atoms with Crippen LogP contribution >= 0.6 is 0 Å². The molecule has 0 fully saturated rings. The summed E-state index contributed by atoms with van der Waals surface area (Å²) in [7, 11) is 0. The highest BCUT2D eigenvalue weighted by atomic mass is 16.2. The average Bonchev–Trinajstić information content (AvgIpc) is 1.87. The lowest BCUT2D eigenvalue weighted by molar-refractivity contribution is 0.299. The van der Waals surface area contributed by atoms with Gasteiger partial charge in [-0.15, -0.1) is 0 Å². The molecule has 0 saturated heterocycles. The highest BCUT2D eigenvalue weighted by Crippen LogP contribution is 1.96. The predicted octanol–water partition coefficient (Wildman–Crippen LogP) is 1.89. The average molecular weight is 150 g/mol. The molecule has 0 rings (SSSR count). The number of aliphatic hydroxyl groups is 1. The van der Waals surface area contributed by atoms with Crippen molar-refractivity contribution >= 4 is 0 Å². The fourth-order valence-electron chi connectivity index (χ4n) is 0.531. The smallest absolute Gasteiger partial charge is 0.0468 e. The van der Waals surface area contributed by atoms with Gasteiger partial charge in [0.15, 0.2) is 0 Å². The lowest BCUT2D eigenvalue weighted by Gasteiger charge is -1.90. The minimum absolute atomic E-state index is 0.192. The van der Waals surface area contributed by atoms with Crippen LogP contribution in [0.5, 0.6) is 0 Å². The van der Waals surface area contributed by atoms with E-state index in [2.05, 4.69) is 18.4 Å². The van der Waals surface area contributed by atoms with Gasteiger partial charge < -0.3 is 5.11 Å². The van der Waals surface area contributed by atoms with Gasteiger partial charge in [-0.05, 0) is 31.9 Å². The fraction of sp³-hybridized carbons (Fsp3) is 0.400. The maximum Gasteiger partial charge on any atom is 0.0468 e. The largest absolute Gasteiger partial charge is 0.396 e. The van der Waals surface area contributed by atoms with Crippen molar-refractivity contribution < 1.29 is 5.11 Å². The van der Waals surface area contributed by atoms with Gasteiger partial charge in [0.1, 0.15) is 0 Å². The molecule has 11 heavy (non-hydrogen) atoms. The molecule has 0 aromatic carbocycles. The molecule has 1 heteroatoms. The molecule has 0 aromatic heterocycles. The van der Waals surface area contributed by atoms with E-state index in [1.807, 2.05) is 19.9 Å². The third kappa shape index (κ3) is 6.89. The summed E-state index contributed by atoms with van der Waals surface area (Å²) in [6.45, 7) is 7.65. The molecule has 0 radical (unpaired) electrons. The zero-order chi connectivity index (χ0) is 8.69. The second-order valence-electron chi connectivity index (χ2n) is 2.51. The van der Waals surface area contributed by atoms with Crippen LogP contribution in [0.1, 0.15) is 20.3 Å². The normalized spacial score (nSPS) is 10.3. The SMILES string of the molecule is C=C(C)C#C/C=C(/C)CCO. The van der Waals surface area contributed by atoms with Gasteiger partial charge in [0.05, 0.1) is 0 Å². The predicted molar refractivity (Wildman–Crippen MR) is 48.0 cm³/mol. The first-order chi connectivity index (χ1) is 5.16. The van der Waals surface area contributed by atoms with Gasteiger partial charge in [0.25, 0.3) is 0 Å². The fourth-order valence-corrected chi connectivity index (χ4v) is 0.531. The highest BCUT2D eigenvalue weighted by molar-refractivity contribution is 5.30. The Morgan fingerprint density at radius 2 is 2.18 bits per heavy atom. The summed E-state index contributed by atoms with van der Waals surface area (Å²) < 4.78 is 0. The summed E-state index contributed by atoms with van der Waals surface area (Å²) in [5.41, 5.74) is 1.96. The van der Waals surface area contributed by atoms with Crippen molar-refractivity contribution in [1.29, 1.82) is 0 Å². The van der Waals surface area contributed by atoms with Crippen LogP contribution in [0.25, 0.3) is 0 Å². The van der Waals surface area contributed by atoms with Gasteiger partial charge in [0, 0.05) is 6.61 Å². The van der Waals surface area contributed by atoms with Crippen molar-refractivity contribution in [3.63, 3.8) is 0 Å². The maximum absolute atomic E-state index is 8.54. The van der Waals surface area contributed by atoms with Crippen LogP contribution in [0.15, 0.2) is 23.8 Å². The molecular weight excluding hydrogens is 136 g/mol. The molecule has 0 amide bonds. The molecule has 0 aliphatic carbocycles. The lowest BCUT2D eigenvalue weighted by atomic mass is 10.2. The van der Waals surface area contributed by atoms with E-state index in [0.717, 1.165) is 11.1 Å². The van der Waals surface area contributed by atoms with E-state index in [4.69, 9.17) is 5.11 Å². The van der Waals surface area contributed by atoms with E-state index in [1.54, 1.807) is 0 Å². The van der Waals surface area contributed by atoms with Crippen molar-refractivity contribution in [2.24, 2.45) is 0 Å². The standard InChI is InChI=1S/C10H14O/c1-9(2)5-4-6-10(3)7-8-11/h6,11H,1,7-8H2,2-3H3/b10-6-. The van der Waals surface area contributed by atoms with Crippen LogP contribution < -0.4 is 0 Å². The van der Waals surface area contributed by atoms with E-state index < -0.39 is 0 Å². The first-order valence-electron chi connectivity index (χ1n) is 3.60. The molecule has 0 heterocycles. The van der Waals surface area contributed by atoms with E-state index in [1.165, 1.54) is 0 Å². The highest BCUT2D eigenvalue weighted by Gasteiger charge is 1.83. The Morgan fingerprint density at radius 1 is 1.55 bits per heavy atom. The van der Waals surface area contributed by atoms with Crippen molar-refractivity contribution in [2.75, 3.05) is 6.61 Å². The molecule has 0 aromatic rings. The van der Waals surface area contributed by atoms with Crippen LogP contribution in [0, 0.1) is 11.8 Å². The summed E-state index contributed by atoms with van der Waals surface area (Å²) >= 11 is 0. The minimum Gasteiger partial charge on any atom is -0.396 e. The Labute approximate surface area is 68.4 Å². The van der Waals surface area contributed by atoms with Crippen LogP contribution in [0.4, 0.5) is 0 Å². The lowest BCUT2D eigenvalue weighted by Crippen LogP contribution is -1.82. The van der Waals surface area contributed by atoms with Crippen molar-refractivity contribution in [3.8, 4) is 11.8 Å². The second kappa shape index (κ2) is 5.76. The van der Waals surface area contributed by atoms with Gasteiger partial charge in [-0.2, -0.15) is 0 Å². The molecule has 1 N–H and O–H groups in total. The Bertz CT molecular complexity index is 213. The topological polar surface area (TPSA) is 20.2 Å². The molecule has 0 unspecified atom stereocenters. The molecule has 0 aliphatic rings. The Kier molecular flexibility index (Phi) is 5.24. The van der Waals surface area contributed by atoms with Crippen LogP contribution in [-0.4, -0.2) is 11.7 Å².